The summed E-state index contributed by atoms with van der Waals surface area (Å²) in [6, 6.07) is 9.64. The van der Waals surface area contributed by atoms with Crippen LogP contribution in [0.15, 0.2) is 58.7 Å². The normalized spacial score (nSPS) is 15.7. The van der Waals surface area contributed by atoms with E-state index in [4.69, 9.17) is 13.9 Å². The Morgan fingerprint density at radius 3 is 2.70 bits per heavy atom. The first-order chi connectivity index (χ1) is 15.9. The van der Waals surface area contributed by atoms with E-state index in [2.05, 4.69) is 10.6 Å². The SMILES string of the molecule is COC1=CCC(C(=O)NCCCCCC(C)(C)OC(=O)NCc2cc3ccccc3o2)C=C1. The fraction of sp³-hybridized carbons (Fsp3) is 0.462. The number of benzene rings is 1. The van der Waals surface area contributed by atoms with Crippen LogP contribution in [-0.4, -0.2) is 31.3 Å². The van der Waals surface area contributed by atoms with Crippen LogP contribution in [0.5, 0.6) is 0 Å². The summed E-state index contributed by atoms with van der Waals surface area (Å²) in [4.78, 5) is 24.4. The lowest BCUT2D eigenvalue weighted by atomic mass is 9.99. The maximum Gasteiger partial charge on any atom is 0.408 e. The molecular formula is C26H34N2O5. The number of furan rings is 1. The highest BCUT2D eigenvalue weighted by atomic mass is 16.6. The molecule has 1 aliphatic carbocycles. The van der Waals surface area contributed by atoms with E-state index in [-0.39, 0.29) is 18.4 Å². The number of nitrogens with one attached hydrogen (secondary N) is 2. The number of carbonyl (C=O) groups excluding carboxylic acids is 2. The number of unbranched alkanes of at least 4 members (excludes halogenated alkanes) is 2. The molecular weight excluding hydrogens is 420 g/mol. The van der Waals surface area contributed by atoms with E-state index in [1.807, 2.05) is 62.4 Å². The molecule has 1 aliphatic rings. The van der Waals surface area contributed by atoms with E-state index < -0.39 is 11.7 Å². The molecule has 7 nitrogen and oxygen atoms in total. The van der Waals surface area contributed by atoms with Gasteiger partial charge in [0.05, 0.1) is 19.6 Å². The number of methoxy groups -OCH3 is 1. The molecule has 2 amide bonds. The van der Waals surface area contributed by atoms with E-state index in [9.17, 15) is 9.59 Å². The maximum atomic E-state index is 12.2. The van der Waals surface area contributed by atoms with Gasteiger partial charge in [0.15, 0.2) is 0 Å². The van der Waals surface area contributed by atoms with Crippen molar-refractivity contribution in [3.8, 4) is 0 Å². The van der Waals surface area contributed by atoms with Crippen LogP contribution in [0.4, 0.5) is 4.79 Å². The van der Waals surface area contributed by atoms with Crippen molar-refractivity contribution in [1.82, 2.24) is 10.6 Å². The van der Waals surface area contributed by atoms with Crippen molar-refractivity contribution in [1.29, 1.82) is 0 Å². The molecule has 2 N–H and O–H groups in total. The molecule has 0 bridgehead atoms. The van der Waals surface area contributed by atoms with Crippen molar-refractivity contribution < 1.29 is 23.5 Å². The Labute approximate surface area is 195 Å². The fourth-order valence-electron chi connectivity index (χ4n) is 3.76. The van der Waals surface area contributed by atoms with Gasteiger partial charge in [0.2, 0.25) is 5.91 Å². The van der Waals surface area contributed by atoms with Crippen LogP contribution in [0.25, 0.3) is 11.0 Å². The Kier molecular flexibility index (Phi) is 8.58. The minimum Gasteiger partial charge on any atom is -0.497 e. The van der Waals surface area contributed by atoms with Crippen LogP contribution < -0.4 is 10.6 Å². The van der Waals surface area contributed by atoms with Gasteiger partial charge in [-0.1, -0.05) is 30.7 Å². The molecule has 1 aromatic heterocycles. The summed E-state index contributed by atoms with van der Waals surface area (Å²) in [6.45, 7) is 4.74. The highest BCUT2D eigenvalue weighted by molar-refractivity contribution is 5.81. The van der Waals surface area contributed by atoms with Crippen LogP contribution in [-0.2, 0) is 20.8 Å². The highest BCUT2D eigenvalue weighted by Crippen LogP contribution is 2.21. The number of rotatable bonds is 11. The zero-order chi connectivity index (χ0) is 23.7. The average Bonchev–Trinajstić information content (AvgIpc) is 3.22. The molecule has 0 aliphatic heterocycles. The van der Waals surface area contributed by atoms with E-state index in [0.717, 1.165) is 42.4 Å². The molecule has 7 heteroatoms. The molecule has 2 aromatic rings. The number of allylic oxidation sites excluding steroid dienone is 2. The highest BCUT2D eigenvalue weighted by Gasteiger charge is 2.22. The van der Waals surface area contributed by atoms with Crippen molar-refractivity contribution in [2.24, 2.45) is 5.92 Å². The molecule has 0 fully saturated rings. The van der Waals surface area contributed by atoms with E-state index in [1.165, 1.54) is 0 Å². The van der Waals surface area contributed by atoms with Gasteiger partial charge in [-0.05, 0) is 63.8 Å². The molecule has 0 spiro atoms. The number of hydrogen-bond acceptors (Lipinski definition) is 5. The minimum atomic E-state index is -0.570. The number of para-hydroxylation sites is 1. The maximum absolute atomic E-state index is 12.2. The average molecular weight is 455 g/mol. The first-order valence-electron chi connectivity index (χ1n) is 11.5. The fourth-order valence-corrected chi connectivity index (χ4v) is 3.76. The lowest BCUT2D eigenvalue weighted by Crippen LogP contribution is -2.34. The Morgan fingerprint density at radius 2 is 1.97 bits per heavy atom. The third-order valence-electron chi connectivity index (χ3n) is 5.65. The molecule has 0 radical (unpaired) electrons. The van der Waals surface area contributed by atoms with Gasteiger partial charge in [0.1, 0.15) is 22.7 Å². The van der Waals surface area contributed by atoms with Gasteiger partial charge in [0.25, 0.3) is 0 Å². The third kappa shape index (κ3) is 7.70. The van der Waals surface area contributed by atoms with E-state index in [1.54, 1.807) is 7.11 Å². The standard InChI is InChI=1S/C26H34N2O5/c1-26(2,33-25(30)28-18-22-17-20-9-5-6-10-23(20)32-22)15-7-4-8-16-27-24(29)19-11-13-21(31-3)14-12-19/h5-6,9-11,13-14,17,19H,4,7-8,12,15-16,18H2,1-3H3,(H,27,29)(H,28,30). The van der Waals surface area contributed by atoms with Crippen LogP contribution in [0.3, 0.4) is 0 Å². The molecule has 1 aromatic carbocycles. The van der Waals surface area contributed by atoms with Gasteiger partial charge < -0.3 is 24.5 Å². The first kappa shape index (κ1) is 24.4. The molecule has 1 heterocycles. The van der Waals surface area contributed by atoms with Gasteiger partial charge in [-0.2, -0.15) is 0 Å². The zero-order valence-corrected chi connectivity index (χ0v) is 19.7. The second-order valence-electron chi connectivity index (χ2n) is 8.87. The van der Waals surface area contributed by atoms with Crippen molar-refractivity contribution in [3.05, 3.63) is 60.1 Å². The molecule has 178 valence electrons. The van der Waals surface area contributed by atoms with Gasteiger partial charge in [0, 0.05) is 11.9 Å². The topological polar surface area (TPSA) is 89.8 Å². The Morgan fingerprint density at radius 1 is 1.15 bits per heavy atom. The summed E-state index contributed by atoms with van der Waals surface area (Å²) in [6.07, 6.45) is 9.33. The molecule has 3 rings (SSSR count). The van der Waals surface area contributed by atoms with Crippen LogP contribution >= 0.6 is 0 Å². The second-order valence-corrected chi connectivity index (χ2v) is 8.87. The van der Waals surface area contributed by atoms with E-state index >= 15 is 0 Å². The lowest BCUT2D eigenvalue weighted by molar-refractivity contribution is -0.123. The number of fused-ring (bicyclic) bond motifs is 1. The summed E-state index contributed by atoms with van der Waals surface area (Å²) in [5.41, 5.74) is 0.228. The van der Waals surface area contributed by atoms with Crippen LogP contribution in [0.2, 0.25) is 0 Å². The minimum absolute atomic E-state index is 0.0439. The number of hydrogen-bond donors (Lipinski definition) is 2. The molecule has 1 unspecified atom stereocenters. The Hall–Kier alpha value is -3.22. The van der Waals surface area contributed by atoms with Crippen LogP contribution in [0.1, 0.15) is 51.7 Å². The number of carbonyl (C=O) groups is 2. The lowest BCUT2D eigenvalue weighted by Gasteiger charge is -2.25. The van der Waals surface area contributed by atoms with Crippen molar-refractivity contribution in [2.75, 3.05) is 13.7 Å². The van der Waals surface area contributed by atoms with Crippen LogP contribution in [0, 0.1) is 5.92 Å². The predicted molar refractivity (Wildman–Crippen MR) is 127 cm³/mol. The van der Waals surface area contributed by atoms with E-state index in [0.29, 0.717) is 18.7 Å². The summed E-state index contributed by atoms with van der Waals surface area (Å²) in [7, 11) is 1.62. The van der Waals surface area contributed by atoms with Crippen molar-refractivity contribution in [3.63, 3.8) is 0 Å². The summed E-state index contributed by atoms with van der Waals surface area (Å²) >= 11 is 0. The predicted octanol–water partition coefficient (Wildman–Crippen LogP) is 5.22. The van der Waals surface area contributed by atoms with Gasteiger partial charge >= 0.3 is 6.09 Å². The number of amides is 2. The Bertz CT molecular complexity index is 972. The summed E-state index contributed by atoms with van der Waals surface area (Å²) in [5, 5.41) is 6.76. The van der Waals surface area contributed by atoms with Gasteiger partial charge in [-0.25, -0.2) is 4.79 Å². The second kappa shape index (κ2) is 11.6. The molecule has 0 saturated heterocycles. The number of ether oxygens (including phenoxy) is 2. The largest absolute Gasteiger partial charge is 0.497 e. The summed E-state index contributed by atoms with van der Waals surface area (Å²) in [5.74, 6) is 1.40. The Balaban J connectivity index is 1.27. The van der Waals surface area contributed by atoms with Crippen molar-refractivity contribution >= 4 is 23.0 Å². The molecule has 33 heavy (non-hydrogen) atoms. The van der Waals surface area contributed by atoms with Gasteiger partial charge in [-0.15, -0.1) is 0 Å². The third-order valence-corrected chi connectivity index (χ3v) is 5.65. The number of alkyl carbamates (subject to hydrolysis) is 1. The zero-order valence-electron chi connectivity index (χ0n) is 19.7. The molecule has 0 saturated carbocycles. The summed E-state index contributed by atoms with van der Waals surface area (Å²) < 4.78 is 16.4. The van der Waals surface area contributed by atoms with Crippen molar-refractivity contribution in [2.45, 2.75) is 58.1 Å². The quantitative estimate of drug-likeness (QED) is 0.454. The first-order valence-corrected chi connectivity index (χ1v) is 11.5. The monoisotopic (exact) mass is 454 g/mol. The smallest absolute Gasteiger partial charge is 0.408 e. The molecule has 1 atom stereocenters. The van der Waals surface area contributed by atoms with Gasteiger partial charge in [-0.3, -0.25) is 4.79 Å².